The predicted octanol–water partition coefficient (Wildman–Crippen LogP) is 3.68. The second kappa shape index (κ2) is 10.2. The van der Waals surface area contributed by atoms with Crippen LogP contribution in [0, 0.1) is 0 Å². The summed E-state index contributed by atoms with van der Waals surface area (Å²) in [4.78, 5) is 24.6. The van der Waals surface area contributed by atoms with Crippen LogP contribution in [-0.2, 0) is 9.53 Å². The van der Waals surface area contributed by atoms with Crippen molar-refractivity contribution in [2.45, 2.75) is 26.4 Å². The Labute approximate surface area is 164 Å². The van der Waals surface area contributed by atoms with Gasteiger partial charge in [0.25, 0.3) is 5.91 Å². The van der Waals surface area contributed by atoms with Crippen molar-refractivity contribution in [1.82, 2.24) is 0 Å². The molecule has 0 aliphatic carbocycles. The maximum absolute atomic E-state index is 12.3. The normalized spacial score (nSPS) is 11.3. The number of methoxy groups -OCH3 is 2. The molecule has 2 aromatic rings. The van der Waals surface area contributed by atoms with Crippen LogP contribution in [0.25, 0.3) is 0 Å². The lowest BCUT2D eigenvalue weighted by atomic mass is 10.2. The average Bonchev–Trinajstić information content (AvgIpc) is 2.72. The summed E-state index contributed by atoms with van der Waals surface area (Å²) in [6.45, 7) is 4.13. The SMILES string of the molecule is CCCOc1ccc(C(=O)O[C@H](C)C(=O)Nc2ccc(OC)c(OC)c2)cc1. The Morgan fingerprint density at radius 3 is 2.29 bits per heavy atom. The summed E-state index contributed by atoms with van der Waals surface area (Å²) in [6, 6.07) is 11.6. The zero-order valence-corrected chi connectivity index (χ0v) is 16.5. The Morgan fingerprint density at radius 1 is 1.00 bits per heavy atom. The fourth-order valence-electron chi connectivity index (χ4n) is 2.35. The summed E-state index contributed by atoms with van der Waals surface area (Å²) in [6.07, 6.45) is -0.0761. The van der Waals surface area contributed by atoms with Crippen LogP contribution in [0.2, 0.25) is 0 Å². The smallest absolute Gasteiger partial charge is 0.338 e. The van der Waals surface area contributed by atoms with Gasteiger partial charge in [0.1, 0.15) is 5.75 Å². The molecule has 0 aliphatic heterocycles. The van der Waals surface area contributed by atoms with E-state index >= 15 is 0 Å². The van der Waals surface area contributed by atoms with Crippen LogP contribution in [0.1, 0.15) is 30.6 Å². The molecule has 0 unspecified atom stereocenters. The zero-order valence-electron chi connectivity index (χ0n) is 16.5. The number of hydrogen-bond donors (Lipinski definition) is 1. The van der Waals surface area contributed by atoms with Crippen molar-refractivity contribution in [2.75, 3.05) is 26.1 Å². The molecule has 1 atom stereocenters. The highest BCUT2D eigenvalue weighted by Gasteiger charge is 2.19. The van der Waals surface area contributed by atoms with E-state index in [1.165, 1.54) is 21.1 Å². The number of esters is 1. The third-order valence-electron chi connectivity index (χ3n) is 3.87. The number of anilines is 1. The molecule has 0 aromatic heterocycles. The maximum Gasteiger partial charge on any atom is 0.338 e. The van der Waals surface area contributed by atoms with Gasteiger partial charge >= 0.3 is 5.97 Å². The van der Waals surface area contributed by atoms with E-state index < -0.39 is 18.0 Å². The van der Waals surface area contributed by atoms with Gasteiger partial charge in [0.15, 0.2) is 17.6 Å². The summed E-state index contributed by atoms with van der Waals surface area (Å²) in [5.41, 5.74) is 0.845. The first kappa shape index (κ1) is 21.1. The van der Waals surface area contributed by atoms with Gasteiger partial charge in [-0.3, -0.25) is 4.79 Å². The van der Waals surface area contributed by atoms with Crippen LogP contribution < -0.4 is 19.5 Å². The Hall–Kier alpha value is -3.22. The molecular weight excluding hydrogens is 362 g/mol. The third kappa shape index (κ3) is 5.64. The molecule has 2 aromatic carbocycles. The van der Waals surface area contributed by atoms with Crippen molar-refractivity contribution in [3.05, 3.63) is 48.0 Å². The van der Waals surface area contributed by atoms with E-state index in [0.717, 1.165) is 6.42 Å². The largest absolute Gasteiger partial charge is 0.494 e. The molecule has 2 rings (SSSR count). The van der Waals surface area contributed by atoms with Crippen LogP contribution >= 0.6 is 0 Å². The average molecular weight is 387 g/mol. The number of nitrogens with one attached hydrogen (secondary N) is 1. The Balaban J connectivity index is 1.95. The van der Waals surface area contributed by atoms with E-state index in [0.29, 0.717) is 35.1 Å². The van der Waals surface area contributed by atoms with E-state index in [1.807, 2.05) is 6.92 Å². The third-order valence-corrected chi connectivity index (χ3v) is 3.87. The van der Waals surface area contributed by atoms with Crippen LogP contribution in [-0.4, -0.2) is 38.8 Å². The number of carbonyl (C=O) groups is 2. The molecule has 0 saturated carbocycles. The summed E-state index contributed by atoms with van der Waals surface area (Å²) < 4.78 is 21.1. The molecule has 28 heavy (non-hydrogen) atoms. The van der Waals surface area contributed by atoms with Gasteiger partial charge in [-0.1, -0.05) is 6.92 Å². The summed E-state index contributed by atoms with van der Waals surface area (Å²) >= 11 is 0. The molecule has 1 N–H and O–H groups in total. The highest BCUT2D eigenvalue weighted by Crippen LogP contribution is 2.29. The minimum Gasteiger partial charge on any atom is -0.494 e. The molecule has 0 bridgehead atoms. The maximum atomic E-state index is 12.3. The van der Waals surface area contributed by atoms with Gasteiger partial charge in [-0.25, -0.2) is 4.79 Å². The minimum atomic E-state index is -0.975. The van der Waals surface area contributed by atoms with Crippen LogP contribution in [0.5, 0.6) is 17.2 Å². The van der Waals surface area contributed by atoms with E-state index in [9.17, 15) is 9.59 Å². The molecule has 7 nitrogen and oxygen atoms in total. The monoisotopic (exact) mass is 387 g/mol. The second-order valence-corrected chi connectivity index (χ2v) is 5.98. The first-order valence-electron chi connectivity index (χ1n) is 8.95. The first-order valence-corrected chi connectivity index (χ1v) is 8.95. The number of amides is 1. The van der Waals surface area contributed by atoms with Crippen molar-refractivity contribution in [3.8, 4) is 17.2 Å². The fraction of sp³-hybridized carbons (Fsp3) is 0.333. The number of hydrogen-bond acceptors (Lipinski definition) is 6. The fourth-order valence-corrected chi connectivity index (χ4v) is 2.35. The lowest BCUT2D eigenvalue weighted by molar-refractivity contribution is -0.123. The first-order chi connectivity index (χ1) is 13.5. The summed E-state index contributed by atoms with van der Waals surface area (Å²) in [5.74, 6) is 0.666. The lowest BCUT2D eigenvalue weighted by Gasteiger charge is -2.15. The van der Waals surface area contributed by atoms with Crippen LogP contribution in [0.4, 0.5) is 5.69 Å². The van der Waals surface area contributed by atoms with Crippen molar-refractivity contribution >= 4 is 17.6 Å². The van der Waals surface area contributed by atoms with Crippen molar-refractivity contribution in [1.29, 1.82) is 0 Å². The lowest BCUT2D eigenvalue weighted by Crippen LogP contribution is -2.30. The van der Waals surface area contributed by atoms with Gasteiger partial charge in [0.2, 0.25) is 0 Å². The van der Waals surface area contributed by atoms with Gasteiger partial charge in [-0.05, 0) is 49.7 Å². The highest BCUT2D eigenvalue weighted by atomic mass is 16.5. The molecule has 0 aliphatic rings. The summed E-state index contributed by atoms with van der Waals surface area (Å²) in [7, 11) is 3.03. The molecular formula is C21H25NO6. The molecule has 150 valence electrons. The molecule has 0 radical (unpaired) electrons. The van der Waals surface area contributed by atoms with Crippen molar-refractivity contribution in [3.63, 3.8) is 0 Å². The van der Waals surface area contributed by atoms with E-state index in [1.54, 1.807) is 42.5 Å². The van der Waals surface area contributed by atoms with Gasteiger partial charge in [-0.15, -0.1) is 0 Å². The van der Waals surface area contributed by atoms with Crippen molar-refractivity contribution in [2.24, 2.45) is 0 Å². The van der Waals surface area contributed by atoms with E-state index in [-0.39, 0.29) is 0 Å². The van der Waals surface area contributed by atoms with Gasteiger partial charge < -0.3 is 24.3 Å². The minimum absolute atomic E-state index is 0.342. The van der Waals surface area contributed by atoms with Gasteiger partial charge in [0, 0.05) is 11.8 Å². The number of benzene rings is 2. The molecule has 7 heteroatoms. The Bertz CT molecular complexity index is 803. The molecule has 1 amide bonds. The van der Waals surface area contributed by atoms with E-state index in [4.69, 9.17) is 18.9 Å². The number of carbonyl (C=O) groups excluding carboxylic acids is 2. The second-order valence-electron chi connectivity index (χ2n) is 5.98. The number of ether oxygens (including phenoxy) is 4. The van der Waals surface area contributed by atoms with Crippen LogP contribution in [0.3, 0.4) is 0 Å². The predicted molar refractivity (Wildman–Crippen MR) is 105 cm³/mol. The Morgan fingerprint density at radius 2 is 1.68 bits per heavy atom. The summed E-state index contributed by atoms with van der Waals surface area (Å²) in [5, 5.41) is 2.69. The zero-order chi connectivity index (χ0) is 20.5. The van der Waals surface area contributed by atoms with E-state index in [2.05, 4.69) is 5.32 Å². The molecule has 0 heterocycles. The van der Waals surface area contributed by atoms with Crippen molar-refractivity contribution < 1.29 is 28.5 Å². The Kier molecular flexibility index (Phi) is 7.68. The molecule has 0 spiro atoms. The van der Waals surface area contributed by atoms with Gasteiger partial charge in [-0.2, -0.15) is 0 Å². The van der Waals surface area contributed by atoms with Crippen LogP contribution in [0.15, 0.2) is 42.5 Å². The van der Waals surface area contributed by atoms with Gasteiger partial charge in [0.05, 0.1) is 26.4 Å². The molecule has 0 fully saturated rings. The number of rotatable bonds is 9. The highest BCUT2D eigenvalue weighted by molar-refractivity contribution is 5.97. The molecule has 0 saturated heterocycles. The topological polar surface area (TPSA) is 83.1 Å². The quantitative estimate of drug-likeness (QED) is 0.661. The standard InChI is InChI=1S/C21H25NO6/c1-5-12-27-17-9-6-15(7-10-17)21(24)28-14(2)20(23)22-16-8-11-18(25-3)19(13-16)26-4/h6-11,13-14H,5,12H2,1-4H3,(H,22,23)/t14-/m1/s1.